The molecule has 1 heterocycles. The number of hydrogen-bond donors (Lipinski definition) is 1. The van der Waals surface area contributed by atoms with Crippen LogP contribution in [0.2, 0.25) is 0 Å². The second-order valence-corrected chi connectivity index (χ2v) is 6.09. The molecule has 1 aromatic rings. The molecular formula is C15H23N3O. The quantitative estimate of drug-likeness (QED) is 0.847. The topological polar surface area (TPSA) is 46.9 Å². The monoisotopic (exact) mass is 261 g/mol. The van der Waals surface area contributed by atoms with E-state index in [9.17, 15) is 4.79 Å². The molecule has 2 saturated carbocycles. The lowest BCUT2D eigenvalue weighted by molar-refractivity contribution is 0.403. The van der Waals surface area contributed by atoms with Crippen molar-refractivity contribution >= 4 is 0 Å². The van der Waals surface area contributed by atoms with Crippen molar-refractivity contribution < 1.29 is 0 Å². The Kier molecular flexibility index (Phi) is 3.44. The molecule has 0 saturated heterocycles. The minimum Gasteiger partial charge on any atom is -0.312 e. The minimum absolute atomic E-state index is 0.0705. The molecule has 4 nitrogen and oxygen atoms in total. The second kappa shape index (κ2) is 5.08. The van der Waals surface area contributed by atoms with E-state index in [1.165, 1.54) is 25.7 Å². The molecule has 3 rings (SSSR count). The molecule has 0 unspecified atom stereocenters. The zero-order valence-corrected chi connectivity index (χ0v) is 11.9. The highest BCUT2D eigenvalue weighted by Crippen LogP contribution is 2.44. The molecule has 1 N–H and O–H groups in total. The van der Waals surface area contributed by atoms with E-state index < -0.39 is 0 Å². The fraction of sp³-hybridized carbons (Fsp3) is 0.733. The molecule has 2 aliphatic carbocycles. The van der Waals surface area contributed by atoms with Crippen molar-refractivity contribution in [2.24, 2.45) is 11.8 Å². The summed E-state index contributed by atoms with van der Waals surface area (Å²) in [5.41, 5.74) is 0.877. The third-order valence-electron chi connectivity index (χ3n) is 4.30. The van der Waals surface area contributed by atoms with Gasteiger partial charge in [-0.15, -0.1) is 0 Å². The lowest BCUT2D eigenvalue weighted by Crippen LogP contribution is -2.37. The average Bonchev–Trinajstić information content (AvgIpc) is 3.21. The van der Waals surface area contributed by atoms with E-state index in [4.69, 9.17) is 0 Å². The van der Waals surface area contributed by atoms with Crippen molar-refractivity contribution in [2.45, 2.75) is 52.1 Å². The maximum atomic E-state index is 11.9. The van der Waals surface area contributed by atoms with E-state index >= 15 is 0 Å². The van der Waals surface area contributed by atoms with Crippen LogP contribution < -0.4 is 10.9 Å². The highest BCUT2D eigenvalue weighted by molar-refractivity contribution is 5.02. The smallest absolute Gasteiger partial charge is 0.253 e. The van der Waals surface area contributed by atoms with E-state index in [0.29, 0.717) is 6.04 Å². The summed E-state index contributed by atoms with van der Waals surface area (Å²) in [6.45, 7) is 5.39. The van der Waals surface area contributed by atoms with Crippen molar-refractivity contribution in [3.05, 3.63) is 27.9 Å². The standard InChI is InChI=1S/C15H23N3O/c1-10-9-14(19)18(11(2)17-10)8-7-16-15(12-3-4-12)13-5-6-13/h9,12-13,15-16H,3-8H2,1-2H3. The summed E-state index contributed by atoms with van der Waals surface area (Å²) < 4.78 is 1.77. The summed E-state index contributed by atoms with van der Waals surface area (Å²) in [7, 11) is 0. The van der Waals surface area contributed by atoms with Gasteiger partial charge in [0.15, 0.2) is 0 Å². The van der Waals surface area contributed by atoms with Crippen LogP contribution in [0.1, 0.15) is 37.2 Å². The number of hydrogen-bond acceptors (Lipinski definition) is 3. The van der Waals surface area contributed by atoms with Crippen LogP contribution in [-0.2, 0) is 6.54 Å². The highest BCUT2D eigenvalue weighted by Gasteiger charge is 2.40. The second-order valence-electron chi connectivity index (χ2n) is 6.09. The van der Waals surface area contributed by atoms with Crippen molar-refractivity contribution in [1.29, 1.82) is 0 Å². The Morgan fingerprint density at radius 2 is 1.95 bits per heavy atom. The molecule has 0 radical (unpaired) electrons. The van der Waals surface area contributed by atoms with Gasteiger partial charge >= 0.3 is 0 Å². The number of nitrogens with zero attached hydrogens (tertiary/aromatic N) is 2. The van der Waals surface area contributed by atoms with Gasteiger partial charge in [0.25, 0.3) is 5.56 Å². The van der Waals surface area contributed by atoms with Gasteiger partial charge in [-0.1, -0.05) is 0 Å². The van der Waals surface area contributed by atoms with Crippen LogP contribution in [0.3, 0.4) is 0 Å². The maximum Gasteiger partial charge on any atom is 0.253 e. The Morgan fingerprint density at radius 1 is 1.32 bits per heavy atom. The van der Waals surface area contributed by atoms with E-state index in [-0.39, 0.29) is 5.56 Å². The predicted octanol–water partition coefficient (Wildman–Crippen LogP) is 1.64. The fourth-order valence-corrected chi connectivity index (χ4v) is 3.01. The lowest BCUT2D eigenvalue weighted by atomic mass is 10.1. The first kappa shape index (κ1) is 12.9. The Hall–Kier alpha value is -1.16. The van der Waals surface area contributed by atoms with Gasteiger partial charge in [0, 0.05) is 30.9 Å². The fourth-order valence-electron chi connectivity index (χ4n) is 3.01. The molecule has 0 aliphatic heterocycles. The molecule has 0 atom stereocenters. The predicted molar refractivity (Wildman–Crippen MR) is 75.2 cm³/mol. The Balaban J connectivity index is 1.58. The van der Waals surface area contributed by atoms with E-state index in [0.717, 1.165) is 36.4 Å². The maximum absolute atomic E-state index is 11.9. The molecule has 0 spiro atoms. The molecule has 2 fully saturated rings. The summed E-state index contributed by atoms with van der Waals surface area (Å²) in [6, 6.07) is 2.32. The van der Waals surface area contributed by atoms with E-state index in [1.54, 1.807) is 10.6 Å². The van der Waals surface area contributed by atoms with Gasteiger partial charge in [0.05, 0.1) is 0 Å². The Bertz CT molecular complexity index is 503. The molecule has 4 heteroatoms. The zero-order valence-electron chi connectivity index (χ0n) is 11.9. The molecule has 104 valence electrons. The van der Waals surface area contributed by atoms with Crippen molar-refractivity contribution in [3.8, 4) is 0 Å². The average molecular weight is 261 g/mol. The lowest BCUT2D eigenvalue weighted by Gasteiger charge is -2.18. The van der Waals surface area contributed by atoms with Gasteiger partial charge in [-0.25, -0.2) is 4.98 Å². The van der Waals surface area contributed by atoms with Gasteiger partial charge in [-0.3, -0.25) is 9.36 Å². The molecule has 0 amide bonds. The first-order valence-electron chi connectivity index (χ1n) is 7.43. The summed E-state index contributed by atoms with van der Waals surface area (Å²) in [5.74, 6) is 2.63. The van der Waals surface area contributed by atoms with Crippen LogP contribution in [0.15, 0.2) is 10.9 Å². The number of aromatic nitrogens is 2. The van der Waals surface area contributed by atoms with Gasteiger partial charge in [0.1, 0.15) is 5.82 Å². The molecule has 1 aromatic heterocycles. The third-order valence-corrected chi connectivity index (χ3v) is 4.30. The molecule has 0 aromatic carbocycles. The van der Waals surface area contributed by atoms with Gasteiger partial charge in [0.2, 0.25) is 0 Å². The van der Waals surface area contributed by atoms with E-state index in [1.807, 2.05) is 13.8 Å². The molecule has 19 heavy (non-hydrogen) atoms. The SMILES string of the molecule is Cc1cc(=O)n(CCNC(C2CC2)C2CC2)c(C)n1. The van der Waals surface area contributed by atoms with Gasteiger partial charge in [-0.05, 0) is 51.4 Å². The van der Waals surface area contributed by atoms with Crippen molar-refractivity contribution in [2.75, 3.05) is 6.54 Å². The first-order valence-corrected chi connectivity index (χ1v) is 7.43. The summed E-state index contributed by atoms with van der Waals surface area (Å²) in [5, 5.41) is 3.67. The molecule has 2 aliphatic rings. The van der Waals surface area contributed by atoms with Crippen LogP contribution in [0, 0.1) is 25.7 Å². The Morgan fingerprint density at radius 3 is 2.47 bits per heavy atom. The van der Waals surface area contributed by atoms with Gasteiger partial charge in [-0.2, -0.15) is 0 Å². The summed E-state index contributed by atoms with van der Waals surface area (Å²) in [4.78, 5) is 16.3. The normalized spacial score (nSPS) is 19.1. The Labute approximate surface area is 114 Å². The van der Waals surface area contributed by atoms with Crippen molar-refractivity contribution in [1.82, 2.24) is 14.9 Å². The zero-order chi connectivity index (χ0) is 13.4. The van der Waals surface area contributed by atoms with Gasteiger partial charge < -0.3 is 5.32 Å². The van der Waals surface area contributed by atoms with Crippen molar-refractivity contribution in [3.63, 3.8) is 0 Å². The van der Waals surface area contributed by atoms with Crippen LogP contribution in [0.25, 0.3) is 0 Å². The first-order chi connectivity index (χ1) is 9.15. The van der Waals surface area contributed by atoms with Crippen LogP contribution in [0.5, 0.6) is 0 Å². The molecular weight excluding hydrogens is 238 g/mol. The van der Waals surface area contributed by atoms with E-state index in [2.05, 4.69) is 10.3 Å². The van der Waals surface area contributed by atoms with Crippen LogP contribution in [0.4, 0.5) is 0 Å². The molecule has 0 bridgehead atoms. The largest absolute Gasteiger partial charge is 0.312 e. The minimum atomic E-state index is 0.0705. The summed E-state index contributed by atoms with van der Waals surface area (Å²) >= 11 is 0. The highest BCUT2D eigenvalue weighted by atomic mass is 16.1. The summed E-state index contributed by atoms with van der Waals surface area (Å²) in [6.07, 6.45) is 5.55. The van der Waals surface area contributed by atoms with Crippen LogP contribution >= 0.6 is 0 Å². The van der Waals surface area contributed by atoms with Crippen LogP contribution in [-0.4, -0.2) is 22.1 Å². The third kappa shape index (κ3) is 3.06. The number of rotatable bonds is 6. The number of aryl methyl sites for hydroxylation is 2. The number of nitrogens with one attached hydrogen (secondary N) is 1.